The number of halogens is 3. The van der Waals surface area contributed by atoms with Crippen molar-refractivity contribution >= 4 is 5.91 Å². The average Bonchev–Trinajstić information content (AvgIpc) is 2.76. The third-order valence-corrected chi connectivity index (χ3v) is 3.32. The van der Waals surface area contributed by atoms with Crippen molar-refractivity contribution in [1.29, 1.82) is 0 Å². The Morgan fingerprint density at radius 3 is 2.45 bits per heavy atom. The van der Waals surface area contributed by atoms with E-state index in [0.29, 0.717) is 11.5 Å². The van der Waals surface area contributed by atoms with Crippen molar-refractivity contribution in [1.82, 2.24) is 10.1 Å². The SMILES string of the molecule is Cc1noc(C)c1C(=O)N(C)Cc1ccccc1C(F)(F)F. The highest BCUT2D eigenvalue weighted by molar-refractivity contribution is 5.95. The van der Waals surface area contributed by atoms with Crippen LogP contribution < -0.4 is 0 Å². The van der Waals surface area contributed by atoms with Gasteiger partial charge in [0.2, 0.25) is 0 Å². The lowest BCUT2D eigenvalue weighted by atomic mass is 10.1. The number of hydrogen-bond acceptors (Lipinski definition) is 3. The zero-order valence-corrected chi connectivity index (χ0v) is 12.4. The molecule has 2 aromatic rings. The summed E-state index contributed by atoms with van der Waals surface area (Å²) in [6.45, 7) is 3.05. The summed E-state index contributed by atoms with van der Waals surface area (Å²) in [4.78, 5) is 13.6. The molecule has 0 bridgehead atoms. The molecule has 0 fully saturated rings. The molecule has 0 radical (unpaired) electrons. The van der Waals surface area contributed by atoms with E-state index in [1.54, 1.807) is 13.8 Å². The predicted octanol–water partition coefficient (Wildman–Crippen LogP) is 3.58. The monoisotopic (exact) mass is 312 g/mol. The van der Waals surface area contributed by atoms with Crippen LogP contribution in [0.2, 0.25) is 0 Å². The van der Waals surface area contributed by atoms with Crippen LogP contribution in [0.25, 0.3) is 0 Å². The van der Waals surface area contributed by atoms with Crippen LogP contribution in [0.5, 0.6) is 0 Å². The highest BCUT2D eigenvalue weighted by atomic mass is 19.4. The van der Waals surface area contributed by atoms with Crippen LogP contribution in [-0.4, -0.2) is 23.0 Å². The summed E-state index contributed by atoms with van der Waals surface area (Å²) in [5.41, 5.74) is -0.00327. The van der Waals surface area contributed by atoms with Gasteiger partial charge in [-0.3, -0.25) is 4.79 Å². The summed E-state index contributed by atoms with van der Waals surface area (Å²) in [7, 11) is 1.45. The van der Waals surface area contributed by atoms with Crippen LogP contribution in [0, 0.1) is 13.8 Å². The highest BCUT2D eigenvalue weighted by Crippen LogP contribution is 2.32. The minimum absolute atomic E-state index is 0.0395. The van der Waals surface area contributed by atoms with Crippen molar-refractivity contribution in [3.8, 4) is 0 Å². The Morgan fingerprint density at radius 1 is 1.27 bits per heavy atom. The lowest BCUT2D eigenvalue weighted by Crippen LogP contribution is -2.28. The molecule has 1 heterocycles. The minimum Gasteiger partial charge on any atom is -0.361 e. The second kappa shape index (κ2) is 5.82. The molecule has 1 aromatic heterocycles. The van der Waals surface area contributed by atoms with E-state index in [9.17, 15) is 18.0 Å². The molecule has 2 rings (SSSR count). The first-order valence-corrected chi connectivity index (χ1v) is 6.55. The molecule has 1 amide bonds. The van der Waals surface area contributed by atoms with E-state index in [4.69, 9.17) is 4.52 Å². The number of carbonyl (C=O) groups excluding carboxylic acids is 1. The number of aromatic nitrogens is 1. The van der Waals surface area contributed by atoms with Crippen LogP contribution in [0.15, 0.2) is 28.8 Å². The zero-order valence-electron chi connectivity index (χ0n) is 12.4. The normalized spacial score (nSPS) is 11.5. The van der Waals surface area contributed by atoms with E-state index in [1.807, 2.05) is 0 Å². The molecule has 0 aliphatic carbocycles. The molecule has 4 nitrogen and oxygen atoms in total. The number of aryl methyl sites for hydroxylation is 2. The smallest absolute Gasteiger partial charge is 0.361 e. The minimum atomic E-state index is -4.45. The predicted molar refractivity (Wildman–Crippen MR) is 73.2 cm³/mol. The van der Waals surface area contributed by atoms with Crippen molar-refractivity contribution < 1.29 is 22.5 Å². The molecule has 0 unspecified atom stereocenters. The van der Waals surface area contributed by atoms with Gasteiger partial charge in [-0.1, -0.05) is 23.4 Å². The summed E-state index contributed by atoms with van der Waals surface area (Å²) in [6.07, 6.45) is -4.45. The molecule has 0 saturated carbocycles. The first-order chi connectivity index (χ1) is 10.2. The Kier molecular flexibility index (Phi) is 4.25. The number of nitrogens with zero attached hydrogens (tertiary/aromatic N) is 2. The average molecular weight is 312 g/mol. The Bertz CT molecular complexity index is 673. The van der Waals surface area contributed by atoms with Crippen LogP contribution in [0.3, 0.4) is 0 Å². The molecule has 0 aliphatic rings. The van der Waals surface area contributed by atoms with Gasteiger partial charge < -0.3 is 9.42 Å². The van der Waals surface area contributed by atoms with Gasteiger partial charge in [0.1, 0.15) is 11.3 Å². The van der Waals surface area contributed by atoms with Crippen molar-refractivity contribution in [2.75, 3.05) is 7.05 Å². The summed E-state index contributed by atoms with van der Waals surface area (Å²) in [5.74, 6) is -0.0771. The van der Waals surface area contributed by atoms with E-state index in [2.05, 4.69) is 5.16 Å². The Hall–Kier alpha value is -2.31. The summed E-state index contributed by atoms with van der Waals surface area (Å²) in [5, 5.41) is 3.68. The lowest BCUT2D eigenvalue weighted by molar-refractivity contribution is -0.138. The number of alkyl halides is 3. The third-order valence-electron chi connectivity index (χ3n) is 3.32. The number of benzene rings is 1. The summed E-state index contributed by atoms with van der Waals surface area (Å²) < 4.78 is 43.8. The van der Waals surface area contributed by atoms with Crippen molar-refractivity contribution in [3.63, 3.8) is 0 Å². The Morgan fingerprint density at radius 2 is 1.91 bits per heavy atom. The van der Waals surface area contributed by atoms with Crippen molar-refractivity contribution in [3.05, 3.63) is 52.4 Å². The Labute approximate surface area is 125 Å². The van der Waals surface area contributed by atoms with Gasteiger partial charge in [-0.25, -0.2) is 0 Å². The molecule has 118 valence electrons. The fourth-order valence-corrected chi connectivity index (χ4v) is 2.24. The lowest BCUT2D eigenvalue weighted by Gasteiger charge is -2.20. The molecule has 0 atom stereocenters. The largest absolute Gasteiger partial charge is 0.416 e. The fourth-order valence-electron chi connectivity index (χ4n) is 2.24. The van der Waals surface area contributed by atoms with Gasteiger partial charge in [-0.15, -0.1) is 0 Å². The van der Waals surface area contributed by atoms with Gasteiger partial charge in [0, 0.05) is 13.6 Å². The maximum atomic E-state index is 13.0. The van der Waals surface area contributed by atoms with Crippen LogP contribution in [0.1, 0.15) is 32.9 Å². The highest BCUT2D eigenvalue weighted by Gasteiger charge is 2.33. The summed E-state index contributed by atoms with van der Waals surface area (Å²) >= 11 is 0. The molecule has 1 aromatic carbocycles. The molecule has 22 heavy (non-hydrogen) atoms. The first-order valence-electron chi connectivity index (χ1n) is 6.55. The van der Waals surface area contributed by atoms with Gasteiger partial charge >= 0.3 is 6.18 Å². The number of hydrogen-bond donors (Lipinski definition) is 0. The van der Waals surface area contributed by atoms with Gasteiger partial charge in [0.15, 0.2) is 0 Å². The van der Waals surface area contributed by atoms with Gasteiger partial charge in [0.25, 0.3) is 5.91 Å². The molecule has 0 spiro atoms. The number of carbonyl (C=O) groups is 1. The number of rotatable bonds is 3. The van der Waals surface area contributed by atoms with E-state index in [1.165, 1.54) is 30.1 Å². The standard InChI is InChI=1S/C15H15F3N2O2/c1-9-13(10(2)22-19-9)14(21)20(3)8-11-6-4-5-7-12(11)15(16,17)18/h4-7H,8H2,1-3H3. The maximum absolute atomic E-state index is 13.0. The molecular weight excluding hydrogens is 297 g/mol. The maximum Gasteiger partial charge on any atom is 0.416 e. The van der Waals surface area contributed by atoms with Crippen LogP contribution in [-0.2, 0) is 12.7 Å². The second-order valence-electron chi connectivity index (χ2n) is 5.02. The van der Waals surface area contributed by atoms with E-state index < -0.39 is 17.6 Å². The third kappa shape index (κ3) is 3.13. The topological polar surface area (TPSA) is 46.3 Å². The van der Waals surface area contributed by atoms with Gasteiger partial charge in [0.05, 0.1) is 11.3 Å². The number of amides is 1. The van der Waals surface area contributed by atoms with Crippen molar-refractivity contribution in [2.24, 2.45) is 0 Å². The second-order valence-corrected chi connectivity index (χ2v) is 5.02. The molecule has 0 N–H and O–H groups in total. The fraction of sp³-hybridized carbons (Fsp3) is 0.333. The first kappa shape index (κ1) is 16.1. The van der Waals surface area contributed by atoms with E-state index in [-0.39, 0.29) is 17.7 Å². The van der Waals surface area contributed by atoms with Gasteiger partial charge in [-0.05, 0) is 25.5 Å². The summed E-state index contributed by atoms with van der Waals surface area (Å²) in [6, 6.07) is 5.20. The van der Waals surface area contributed by atoms with E-state index >= 15 is 0 Å². The zero-order chi connectivity index (χ0) is 16.5. The Balaban J connectivity index is 2.27. The van der Waals surface area contributed by atoms with Crippen LogP contribution >= 0.6 is 0 Å². The van der Waals surface area contributed by atoms with Crippen LogP contribution in [0.4, 0.5) is 13.2 Å². The van der Waals surface area contributed by atoms with Crippen molar-refractivity contribution in [2.45, 2.75) is 26.6 Å². The molecule has 7 heteroatoms. The van der Waals surface area contributed by atoms with Gasteiger partial charge in [-0.2, -0.15) is 13.2 Å². The molecular formula is C15H15F3N2O2. The quantitative estimate of drug-likeness (QED) is 0.870. The molecule has 0 saturated heterocycles. The molecule has 0 aliphatic heterocycles. The van der Waals surface area contributed by atoms with E-state index in [0.717, 1.165) is 6.07 Å².